The number of nitriles is 1. The van der Waals surface area contributed by atoms with Gasteiger partial charge in [0.2, 0.25) is 0 Å². The summed E-state index contributed by atoms with van der Waals surface area (Å²) in [7, 11) is -0.842. The topological polar surface area (TPSA) is 62.5 Å². The number of hydrogen-bond donors (Lipinski definition) is 1. The zero-order chi connectivity index (χ0) is 15.3. The summed E-state index contributed by atoms with van der Waals surface area (Å²) < 4.78 is 27.1. The average Bonchev–Trinajstić information content (AvgIpc) is 2.56. The molecule has 1 fully saturated rings. The molecule has 0 aliphatic carbocycles. The van der Waals surface area contributed by atoms with E-state index >= 15 is 0 Å². The molecule has 1 saturated heterocycles. The standard InChI is InChI=1S/C13H16BNO3/c1-12(2)13(3,4)18-14(17-12)10-5-9(8-15)6-11(16)7-10/h5-7,16H,1-4H3/i6T,7T. The highest BCUT2D eigenvalue weighted by Gasteiger charge is 2.51. The van der Waals surface area contributed by atoms with Gasteiger partial charge in [-0.05, 0) is 51.3 Å². The number of nitrogens with zero attached hydrogens (tertiary/aromatic N) is 1. The number of rotatable bonds is 1. The molecule has 94 valence electrons. The summed E-state index contributed by atoms with van der Waals surface area (Å²) in [6, 6.07) is 2.60. The van der Waals surface area contributed by atoms with Crippen molar-refractivity contribution in [2.24, 2.45) is 0 Å². The predicted octanol–water partition coefficient (Wildman–Crippen LogP) is 1.56. The summed E-state index contributed by atoms with van der Waals surface area (Å²) in [4.78, 5) is 0. The first-order valence-electron chi connectivity index (χ1n) is 6.69. The molecule has 0 atom stereocenters. The molecular weight excluding hydrogens is 229 g/mol. The highest BCUT2D eigenvalue weighted by atomic mass is 16.7. The van der Waals surface area contributed by atoms with Crippen molar-refractivity contribution in [3.8, 4) is 11.8 Å². The molecule has 5 heteroatoms. The minimum absolute atomic E-state index is 0.0109. The Morgan fingerprint density at radius 3 is 2.33 bits per heavy atom. The van der Waals surface area contributed by atoms with Gasteiger partial charge >= 0.3 is 7.12 Å². The first-order valence-corrected chi connectivity index (χ1v) is 5.69. The van der Waals surface area contributed by atoms with E-state index in [9.17, 15) is 5.11 Å². The van der Waals surface area contributed by atoms with Gasteiger partial charge in [-0.1, -0.05) is 0 Å². The van der Waals surface area contributed by atoms with E-state index < -0.39 is 24.1 Å². The lowest BCUT2D eigenvalue weighted by atomic mass is 9.78. The van der Waals surface area contributed by atoms with Crippen LogP contribution in [0.25, 0.3) is 0 Å². The molecule has 4 nitrogen and oxygen atoms in total. The lowest BCUT2D eigenvalue weighted by Gasteiger charge is -2.32. The fraction of sp³-hybridized carbons (Fsp3) is 0.462. The Kier molecular flexibility index (Phi) is 2.32. The number of phenolic OH excluding ortho intramolecular Hbond substituents is 1. The van der Waals surface area contributed by atoms with Crippen LogP contribution in [0.3, 0.4) is 0 Å². The monoisotopic (exact) mass is 249 g/mol. The van der Waals surface area contributed by atoms with Crippen molar-refractivity contribution in [2.75, 3.05) is 0 Å². The molecule has 1 heterocycles. The maximum Gasteiger partial charge on any atom is 0.495 e. The summed E-state index contributed by atoms with van der Waals surface area (Å²) in [5, 5.41) is 18.8. The molecule has 0 bridgehead atoms. The zero-order valence-electron chi connectivity index (χ0n) is 12.9. The van der Waals surface area contributed by atoms with Crippen LogP contribution in [0.5, 0.6) is 5.75 Å². The molecular formula is C13H16BNO3. The van der Waals surface area contributed by atoms with Crippen LogP contribution in [-0.2, 0) is 9.31 Å². The van der Waals surface area contributed by atoms with Crippen molar-refractivity contribution in [3.05, 3.63) is 23.7 Å². The van der Waals surface area contributed by atoms with Crippen LogP contribution in [0.4, 0.5) is 0 Å². The Bertz CT molecular complexity index is 595. The second-order valence-electron chi connectivity index (χ2n) is 5.31. The van der Waals surface area contributed by atoms with Crippen molar-refractivity contribution in [1.82, 2.24) is 0 Å². The minimum Gasteiger partial charge on any atom is -0.508 e. The van der Waals surface area contributed by atoms with Crippen LogP contribution in [-0.4, -0.2) is 23.4 Å². The second-order valence-corrected chi connectivity index (χ2v) is 5.31. The smallest absolute Gasteiger partial charge is 0.495 e. The maximum absolute atomic E-state index is 9.78. The van der Waals surface area contributed by atoms with E-state index in [1.165, 1.54) is 6.07 Å². The van der Waals surface area contributed by atoms with E-state index in [1.807, 2.05) is 33.8 Å². The van der Waals surface area contributed by atoms with Gasteiger partial charge in [0, 0.05) is 0 Å². The number of benzene rings is 1. The summed E-state index contributed by atoms with van der Waals surface area (Å²) in [5.74, 6) is -0.534. The van der Waals surface area contributed by atoms with Crippen LogP contribution in [0, 0.1) is 11.3 Å². The average molecular weight is 249 g/mol. The lowest BCUT2D eigenvalue weighted by Crippen LogP contribution is -2.41. The third-order valence-electron chi connectivity index (χ3n) is 3.44. The molecule has 1 aromatic carbocycles. The van der Waals surface area contributed by atoms with Gasteiger partial charge < -0.3 is 14.4 Å². The Labute approximate surface area is 110 Å². The summed E-state index contributed by atoms with van der Waals surface area (Å²) in [6.45, 7) is 7.50. The molecule has 0 unspecified atom stereocenters. The van der Waals surface area contributed by atoms with Crippen LogP contribution >= 0.6 is 0 Å². The molecule has 1 N–H and O–H groups in total. The van der Waals surface area contributed by atoms with Crippen molar-refractivity contribution in [2.45, 2.75) is 38.9 Å². The molecule has 0 aromatic heterocycles. The van der Waals surface area contributed by atoms with Gasteiger partial charge in [-0.2, -0.15) is 5.26 Å². The highest BCUT2D eigenvalue weighted by Crippen LogP contribution is 2.36. The van der Waals surface area contributed by atoms with Crippen LogP contribution < -0.4 is 5.46 Å². The second kappa shape index (κ2) is 4.01. The van der Waals surface area contributed by atoms with Crippen LogP contribution in [0.15, 0.2) is 18.2 Å². The third-order valence-corrected chi connectivity index (χ3v) is 3.44. The van der Waals surface area contributed by atoms with Crippen molar-refractivity contribution in [1.29, 1.82) is 5.26 Å². The largest absolute Gasteiger partial charge is 0.508 e. The fourth-order valence-corrected chi connectivity index (χ4v) is 1.68. The maximum atomic E-state index is 9.78. The molecule has 1 aromatic rings. The number of hydrogen-bond acceptors (Lipinski definition) is 4. The van der Waals surface area contributed by atoms with E-state index in [4.69, 9.17) is 17.3 Å². The summed E-state index contributed by atoms with van der Waals surface area (Å²) >= 11 is 0. The van der Waals surface area contributed by atoms with Crippen LogP contribution in [0.2, 0.25) is 0 Å². The predicted molar refractivity (Wildman–Crippen MR) is 68.5 cm³/mol. The molecule has 0 saturated carbocycles. The molecule has 1 aliphatic rings. The van der Waals surface area contributed by atoms with Crippen LogP contribution in [0.1, 0.15) is 36.0 Å². The highest BCUT2D eigenvalue weighted by molar-refractivity contribution is 6.62. The van der Waals surface area contributed by atoms with Gasteiger partial charge in [0.25, 0.3) is 0 Å². The summed E-state index contributed by atoms with van der Waals surface area (Å²) in [5.41, 5.74) is -0.907. The molecule has 2 rings (SSSR count). The van der Waals surface area contributed by atoms with E-state index in [0.29, 0.717) is 0 Å². The Hall–Kier alpha value is -1.51. The molecule has 1 aliphatic heterocycles. The van der Waals surface area contributed by atoms with Gasteiger partial charge in [0.05, 0.1) is 25.6 Å². The fourth-order valence-electron chi connectivity index (χ4n) is 1.68. The van der Waals surface area contributed by atoms with Gasteiger partial charge in [0.1, 0.15) is 5.75 Å². The molecule has 18 heavy (non-hydrogen) atoms. The van der Waals surface area contributed by atoms with E-state index in [0.717, 1.165) is 0 Å². The first-order chi connectivity index (χ1) is 9.10. The van der Waals surface area contributed by atoms with Gasteiger partial charge in [0.15, 0.2) is 0 Å². The summed E-state index contributed by atoms with van der Waals surface area (Å²) in [6.07, 6.45) is 0. The van der Waals surface area contributed by atoms with Crippen molar-refractivity contribution >= 4 is 12.6 Å². The Balaban J connectivity index is 2.51. The van der Waals surface area contributed by atoms with E-state index in [1.54, 1.807) is 0 Å². The van der Waals surface area contributed by atoms with Gasteiger partial charge in [-0.15, -0.1) is 0 Å². The third kappa shape index (κ3) is 2.10. The minimum atomic E-state index is -0.842. The van der Waals surface area contributed by atoms with Gasteiger partial charge in [-0.3, -0.25) is 0 Å². The van der Waals surface area contributed by atoms with E-state index in [2.05, 4.69) is 0 Å². The van der Waals surface area contributed by atoms with E-state index in [-0.39, 0.29) is 23.1 Å². The SMILES string of the molecule is [3H]c1c(C#N)cc(B2OC(C)(C)C(C)(C)O2)c([3H])c1O. The molecule has 0 spiro atoms. The Morgan fingerprint density at radius 2 is 1.83 bits per heavy atom. The molecule has 0 radical (unpaired) electrons. The van der Waals surface area contributed by atoms with Gasteiger partial charge in [-0.25, -0.2) is 0 Å². The zero-order valence-corrected chi connectivity index (χ0v) is 10.9. The number of aromatic hydroxyl groups is 1. The molecule has 0 amide bonds. The Morgan fingerprint density at radius 1 is 1.28 bits per heavy atom. The normalized spacial score (nSPS) is 22.3. The van der Waals surface area contributed by atoms with Crippen molar-refractivity contribution < 1.29 is 17.2 Å². The van der Waals surface area contributed by atoms with Crippen molar-refractivity contribution in [3.63, 3.8) is 0 Å². The number of phenols is 1. The lowest BCUT2D eigenvalue weighted by molar-refractivity contribution is 0.00578. The first kappa shape index (κ1) is 10.4. The quantitative estimate of drug-likeness (QED) is 0.767.